The first kappa shape index (κ1) is 19.8. The van der Waals surface area contributed by atoms with Crippen LogP contribution < -0.4 is 0 Å². The molecule has 0 aliphatic carbocycles. The van der Waals surface area contributed by atoms with Gasteiger partial charge in [0.1, 0.15) is 5.69 Å². The van der Waals surface area contributed by atoms with E-state index in [-0.39, 0.29) is 35.1 Å². The molecule has 1 aromatic rings. The summed E-state index contributed by atoms with van der Waals surface area (Å²) in [6.45, 7) is 5.88. The number of aromatic nitrogens is 1. The van der Waals surface area contributed by atoms with Crippen molar-refractivity contribution in [3.05, 3.63) is 29.6 Å². The maximum absolute atomic E-state index is 12.9. The summed E-state index contributed by atoms with van der Waals surface area (Å²) < 4.78 is 23.5. The lowest BCUT2D eigenvalue weighted by atomic mass is 9.98. The number of hydrogen-bond donors (Lipinski definition) is 0. The summed E-state index contributed by atoms with van der Waals surface area (Å²) >= 11 is 0. The second kappa shape index (κ2) is 7.96. The zero-order valence-electron chi connectivity index (χ0n) is 15.9. The molecule has 1 aromatic heterocycles. The van der Waals surface area contributed by atoms with Crippen LogP contribution in [-0.4, -0.2) is 72.2 Å². The zero-order chi connectivity index (χ0) is 19.6. The molecule has 1 unspecified atom stereocenters. The fraction of sp³-hybridized carbons (Fsp3) is 0.632. The molecule has 2 saturated heterocycles. The van der Waals surface area contributed by atoms with Gasteiger partial charge in [-0.15, -0.1) is 0 Å². The van der Waals surface area contributed by atoms with Crippen LogP contribution in [0.5, 0.6) is 0 Å². The summed E-state index contributed by atoms with van der Waals surface area (Å²) in [4.78, 5) is 33.2. The Kier molecular flexibility index (Phi) is 5.83. The molecule has 3 rings (SSSR count). The van der Waals surface area contributed by atoms with E-state index in [1.807, 2.05) is 11.8 Å². The van der Waals surface area contributed by atoms with Crippen molar-refractivity contribution in [3.8, 4) is 0 Å². The van der Waals surface area contributed by atoms with Gasteiger partial charge in [0.25, 0.3) is 11.8 Å². The quantitative estimate of drug-likeness (QED) is 0.775. The minimum atomic E-state index is -3.08. The van der Waals surface area contributed by atoms with Gasteiger partial charge in [0.05, 0.1) is 11.5 Å². The van der Waals surface area contributed by atoms with Crippen LogP contribution in [0.1, 0.15) is 54.0 Å². The van der Waals surface area contributed by atoms with Crippen LogP contribution in [0.4, 0.5) is 0 Å². The van der Waals surface area contributed by atoms with E-state index in [9.17, 15) is 18.0 Å². The van der Waals surface area contributed by atoms with Gasteiger partial charge >= 0.3 is 0 Å². The molecule has 2 aliphatic rings. The third-order valence-corrected chi connectivity index (χ3v) is 7.30. The number of piperidine rings is 1. The third kappa shape index (κ3) is 4.48. The van der Waals surface area contributed by atoms with Crippen LogP contribution in [0.2, 0.25) is 0 Å². The standard InChI is InChI=1S/C19H27N3O4S/c1-3-22(16-7-11-27(25,26)13-16)19(24)17-12-15(4-8-20-17)18(23)21-9-5-14(2)6-10-21/h4,8,12,14,16H,3,5-7,9-11,13H2,1-2H3. The topological polar surface area (TPSA) is 87.7 Å². The Hall–Kier alpha value is -1.96. The van der Waals surface area contributed by atoms with Crippen LogP contribution in [0.15, 0.2) is 18.3 Å². The van der Waals surface area contributed by atoms with E-state index in [1.54, 1.807) is 11.0 Å². The van der Waals surface area contributed by atoms with Crippen molar-refractivity contribution >= 4 is 21.7 Å². The minimum absolute atomic E-state index is 0.00281. The predicted octanol–water partition coefficient (Wildman–Crippen LogP) is 1.60. The van der Waals surface area contributed by atoms with Gasteiger partial charge < -0.3 is 9.80 Å². The van der Waals surface area contributed by atoms with Gasteiger partial charge in [-0.2, -0.15) is 0 Å². The number of carbonyl (C=O) groups is 2. The van der Waals surface area contributed by atoms with E-state index in [1.165, 1.54) is 12.3 Å². The normalized spacial score (nSPS) is 22.6. The summed E-state index contributed by atoms with van der Waals surface area (Å²) in [6.07, 6.45) is 3.91. The van der Waals surface area contributed by atoms with E-state index in [4.69, 9.17) is 0 Å². The number of carbonyl (C=O) groups excluding carboxylic acids is 2. The summed E-state index contributed by atoms with van der Waals surface area (Å²) in [7, 11) is -3.08. The van der Waals surface area contributed by atoms with Gasteiger partial charge in [-0.25, -0.2) is 8.42 Å². The average molecular weight is 394 g/mol. The molecule has 2 amide bonds. The molecule has 0 aromatic carbocycles. The summed E-state index contributed by atoms with van der Waals surface area (Å²) in [5.74, 6) is 0.341. The van der Waals surface area contributed by atoms with Crippen molar-refractivity contribution < 1.29 is 18.0 Å². The summed E-state index contributed by atoms with van der Waals surface area (Å²) in [6, 6.07) is 2.85. The predicted molar refractivity (Wildman–Crippen MR) is 102 cm³/mol. The number of amides is 2. The highest BCUT2D eigenvalue weighted by Crippen LogP contribution is 2.21. The smallest absolute Gasteiger partial charge is 0.272 e. The molecule has 0 saturated carbocycles. The molecule has 27 heavy (non-hydrogen) atoms. The number of likely N-dealkylation sites (tertiary alicyclic amines) is 1. The zero-order valence-corrected chi connectivity index (χ0v) is 16.7. The Labute approximate surface area is 160 Å². The molecule has 0 N–H and O–H groups in total. The fourth-order valence-electron chi connectivity index (χ4n) is 3.81. The first-order valence-corrected chi connectivity index (χ1v) is 11.4. The van der Waals surface area contributed by atoms with Crippen LogP contribution in [0, 0.1) is 5.92 Å². The summed E-state index contributed by atoms with van der Waals surface area (Å²) in [5, 5.41) is 0. The molecular weight excluding hydrogens is 366 g/mol. The molecule has 1 atom stereocenters. The van der Waals surface area contributed by atoms with Crippen LogP contribution in [0.25, 0.3) is 0 Å². The van der Waals surface area contributed by atoms with E-state index < -0.39 is 9.84 Å². The molecule has 3 heterocycles. The monoisotopic (exact) mass is 393 g/mol. The molecule has 2 aliphatic heterocycles. The molecule has 0 radical (unpaired) electrons. The molecular formula is C19H27N3O4S. The fourth-order valence-corrected chi connectivity index (χ4v) is 5.54. The van der Waals surface area contributed by atoms with Crippen LogP contribution in [-0.2, 0) is 9.84 Å². The Morgan fingerprint density at radius 1 is 1.26 bits per heavy atom. The molecule has 2 fully saturated rings. The minimum Gasteiger partial charge on any atom is -0.339 e. The van der Waals surface area contributed by atoms with Gasteiger partial charge in [-0.3, -0.25) is 14.6 Å². The highest BCUT2D eigenvalue weighted by Gasteiger charge is 2.34. The van der Waals surface area contributed by atoms with Crippen LogP contribution in [0.3, 0.4) is 0 Å². The number of rotatable bonds is 4. The maximum atomic E-state index is 12.9. The second-order valence-corrected chi connectivity index (χ2v) is 9.78. The highest BCUT2D eigenvalue weighted by atomic mass is 32.2. The van der Waals surface area contributed by atoms with Gasteiger partial charge in [0.2, 0.25) is 0 Å². The van der Waals surface area contributed by atoms with Crippen molar-refractivity contribution in [2.24, 2.45) is 5.92 Å². The maximum Gasteiger partial charge on any atom is 0.272 e. The first-order chi connectivity index (χ1) is 12.8. The summed E-state index contributed by atoms with van der Waals surface area (Å²) in [5.41, 5.74) is 0.648. The van der Waals surface area contributed by atoms with E-state index in [2.05, 4.69) is 11.9 Å². The van der Waals surface area contributed by atoms with Gasteiger partial charge in [-0.05, 0) is 44.2 Å². The SMILES string of the molecule is CCN(C(=O)c1cc(C(=O)N2CCC(C)CC2)ccn1)C1CCS(=O)(=O)C1. The number of nitrogens with zero attached hydrogens (tertiary/aromatic N) is 3. The Bertz CT molecular complexity index is 816. The lowest BCUT2D eigenvalue weighted by molar-refractivity contribution is 0.0696. The van der Waals surface area contributed by atoms with E-state index >= 15 is 0 Å². The number of hydrogen-bond acceptors (Lipinski definition) is 5. The van der Waals surface area contributed by atoms with Gasteiger partial charge in [-0.1, -0.05) is 6.92 Å². The molecule has 8 heteroatoms. The highest BCUT2D eigenvalue weighted by molar-refractivity contribution is 7.91. The van der Waals surface area contributed by atoms with Gasteiger partial charge in [0, 0.05) is 37.4 Å². The molecule has 7 nitrogen and oxygen atoms in total. The lowest BCUT2D eigenvalue weighted by Gasteiger charge is -2.30. The lowest BCUT2D eigenvalue weighted by Crippen LogP contribution is -2.41. The number of pyridine rings is 1. The molecule has 148 valence electrons. The van der Waals surface area contributed by atoms with Crippen molar-refractivity contribution in [2.75, 3.05) is 31.1 Å². The first-order valence-electron chi connectivity index (χ1n) is 9.57. The van der Waals surface area contributed by atoms with E-state index in [0.29, 0.717) is 24.4 Å². The Morgan fingerprint density at radius 2 is 1.96 bits per heavy atom. The third-order valence-electron chi connectivity index (χ3n) is 5.55. The van der Waals surface area contributed by atoms with Crippen molar-refractivity contribution in [2.45, 2.75) is 39.2 Å². The van der Waals surface area contributed by atoms with Crippen molar-refractivity contribution in [1.29, 1.82) is 0 Å². The number of sulfone groups is 1. The van der Waals surface area contributed by atoms with E-state index in [0.717, 1.165) is 25.9 Å². The molecule has 0 spiro atoms. The largest absolute Gasteiger partial charge is 0.339 e. The van der Waals surface area contributed by atoms with Gasteiger partial charge in [0.15, 0.2) is 9.84 Å². The van der Waals surface area contributed by atoms with Crippen molar-refractivity contribution in [3.63, 3.8) is 0 Å². The van der Waals surface area contributed by atoms with Crippen molar-refractivity contribution in [1.82, 2.24) is 14.8 Å². The van der Waals surface area contributed by atoms with Crippen LogP contribution >= 0.6 is 0 Å². The molecule has 0 bridgehead atoms. The Morgan fingerprint density at radius 3 is 2.56 bits per heavy atom. The Balaban J connectivity index is 1.76. The second-order valence-electron chi connectivity index (χ2n) is 7.55. The average Bonchev–Trinajstić information content (AvgIpc) is 3.02.